The van der Waals surface area contributed by atoms with Gasteiger partial charge in [0.2, 0.25) is 11.8 Å². The predicted octanol–water partition coefficient (Wildman–Crippen LogP) is 5.36. The number of aryl methyl sites for hydroxylation is 2. The first-order valence-corrected chi connectivity index (χ1v) is 9.64. The number of rotatable bonds is 3. The third-order valence-corrected chi connectivity index (χ3v) is 6.20. The largest absolute Gasteiger partial charge is 0.326 e. The van der Waals surface area contributed by atoms with Crippen LogP contribution in [0, 0.1) is 19.8 Å². The van der Waals surface area contributed by atoms with Crippen molar-refractivity contribution in [1.29, 1.82) is 0 Å². The summed E-state index contributed by atoms with van der Waals surface area (Å²) in [5, 5.41) is 3.84. The summed E-state index contributed by atoms with van der Waals surface area (Å²) >= 11 is 15.7. The maximum atomic E-state index is 12.6. The van der Waals surface area contributed by atoms with Gasteiger partial charge < -0.3 is 10.2 Å². The van der Waals surface area contributed by atoms with Gasteiger partial charge in [0.15, 0.2) is 0 Å². The summed E-state index contributed by atoms with van der Waals surface area (Å²) in [6.45, 7) is 4.21. The van der Waals surface area contributed by atoms with Crippen molar-refractivity contribution in [3.8, 4) is 0 Å². The molecule has 2 amide bonds. The lowest BCUT2D eigenvalue weighted by atomic mass is 10.1. The number of carbonyl (C=O) groups is 2. The highest BCUT2D eigenvalue weighted by Crippen LogP contribution is 2.34. The number of nitrogens with one attached hydrogen (secondary N) is 1. The molecule has 1 saturated heterocycles. The number of halogens is 3. The normalized spacial score (nSPS) is 16.9. The molecule has 4 nitrogen and oxygen atoms in total. The zero-order valence-electron chi connectivity index (χ0n) is 14.3. The van der Waals surface area contributed by atoms with Crippen LogP contribution < -0.4 is 10.2 Å². The SMILES string of the molecule is Cc1cc(NC(=O)[C@H]2CC(=O)N(c3cc(Cl)ccc3Cl)C2)cc(C)c1Br. The van der Waals surface area contributed by atoms with Crippen molar-refractivity contribution in [2.24, 2.45) is 5.92 Å². The molecule has 0 radical (unpaired) electrons. The first-order valence-electron chi connectivity index (χ1n) is 8.09. The zero-order chi connectivity index (χ0) is 19.0. The Hall–Kier alpha value is -1.56. The van der Waals surface area contributed by atoms with Crippen LogP contribution in [-0.2, 0) is 9.59 Å². The van der Waals surface area contributed by atoms with Crippen LogP contribution in [0.5, 0.6) is 0 Å². The fourth-order valence-corrected chi connectivity index (χ4v) is 3.69. The summed E-state index contributed by atoms with van der Waals surface area (Å²) in [5.74, 6) is -0.764. The molecule has 7 heteroatoms. The van der Waals surface area contributed by atoms with Gasteiger partial charge in [-0.15, -0.1) is 0 Å². The maximum Gasteiger partial charge on any atom is 0.229 e. The van der Waals surface area contributed by atoms with Crippen molar-refractivity contribution >= 4 is 62.3 Å². The van der Waals surface area contributed by atoms with Crippen molar-refractivity contribution in [3.63, 3.8) is 0 Å². The van der Waals surface area contributed by atoms with E-state index in [1.807, 2.05) is 26.0 Å². The van der Waals surface area contributed by atoms with Gasteiger partial charge in [-0.05, 0) is 55.3 Å². The number of anilines is 2. The molecule has 0 aliphatic carbocycles. The number of amides is 2. The van der Waals surface area contributed by atoms with Crippen molar-refractivity contribution in [2.45, 2.75) is 20.3 Å². The molecule has 0 aromatic heterocycles. The highest BCUT2D eigenvalue weighted by atomic mass is 79.9. The number of carbonyl (C=O) groups excluding carboxylic acids is 2. The second kappa shape index (κ2) is 7.59. The van der Waals surface area contributed by atoms with Gasteiger partial charge in [-0.2, -0.15) is 0 Å². The Kier molecular flexibility index (Phi) is 5.61. The quantitative estimate of drug-likeness (QED) is 0.676. The topological polar surface area (TPSA) is 49.4 Å². The minimum atomic E-state index is -0.443. The minimum absolute atomic E-state index is 0.141. The molecule has 1 fully saturated rings. The van der Waals surface area contributed by atoms with E-state index in [1.54, 1.807) is 18.2 Å². The Bertz CT molecular complexity index is 878. The molecule has 136 valence electrons. The lowest BCUT2D eigenvalue weighted by Gasteiger charge is -2.18. The molecule has 0 unspecified atom stereocenters. The van der Waals surface area contributed by atoms with Crippen molar-refractivity contribution in [2.75, 3.05) is 16.8 Å². The molecular formula is C19H17BrCl2N2O2. The van der Waals surface area contributed by atoms with Crippen LogP contribution in [0.4, 0.5) is 11.4 Å². The van der Waals surface area contributed by atoms with Gasteiger partial charge in [-0.25, -0.2) is 0 Å². The number of benzene rings is 2. The molecule has 2 aromatic rings. The molecule has 3 rings (SSSR count). The van der Waals surface area contributed by atoms with E-state index < -0.39 is 5.92 Å². The summed E-state index contributed by atoms with van der Waals surface area (Å²) in [6, 6.07) is 8.75. The Balaban J connectivity index is 1.76. The third kappa shape index (κ3) is 3.90. The van der Waals surface area contributed by atoms with Crippen molar-refractivity contribution < 1.29 is 9.59 Å². The monoisotopic (exact) mass is 454 g/mol. The van der Waals surface area contributed by atoms with E-state index in [1.165, 1.54) is 4.90 Å². The summed E-state index contributed by atoms with van der Waals surface area (Å²) < 4.78 is 1.02. The molecule has 1 aliphatic heterocycles. The van der Waals surface area contributed by atoms with Crippen LogP contribution in [0.25, 0.3) is 0 Å². The lowest BCUT2D eigenvalue weighted by Crippen LogP contribution is -2.28. The summed E-state index contributed by atoms with van der Waals surface area (Å²) in [4.78, 5) is 26.6. The van der Waals surface area contributed by atoms with Crippen LogP contribution in [0.15, 0.2) is 34.8 Å². The Morgan fingerprint density at radius 1 is 1.19 bits per heavy atom. The van der Waals surface area contributed by atoms with E-state index in [-0.39, 0.29) is 24.8 Å². The molecule has 0 saturated carbocycles. The zero-order valence-corrected chi connectivity index (χ0v) is 17.4. The van der Waals surface area contributed by atoms with Crippen LogP contribution in [0.3, 0.4) is 0 Å². The van der Waals surface area contributed by atoms with Crippen LogP contribution in [-0.4, -0.2) is 18.4 Å². The van der Waals surface area contributed by atoms with E-state index in [0.717, 1.165) is 21.3 Å². The summed E-state index contributed by atoms with van der Waals surface area (Å²) in [6.07, 6.45) is 0.142. The Labute approximate surface area is 170 Å². The van der Waals surface area contributed by atoms with E-state index in [2.05, 4.69) is 21.2 Å². The smallest absolute Gasteiger partial charge is 0.229 e. The van der Waals surface area contributed by atoms with Crippen molar-refractivity contribution in [3.05, 3.63) is 56.0 Å². The second-order valence-electron chi connectivity index (χ2n) is 6.41. The molecule has 1 aliphatic rings. The fraction of sp³-hybridized carbons (Fsp3) is 0.263. The second-order valence-corrected chi connectivity index (χ2v) is 8.05. The first-order chi connectivity index (χ1) is 12.3. The standard InChI is InChI=1S/C19H17BrCl2N2O2/c1-10-5-14(6-11(2)18(10)20)23-19(26)12-7-17(25)24(9-12)16-8-13(21)3-4-15(16)22/h3-6,8,12H,7,9H2,1-2H3,(H,23,26)/t12-/m0/s1. The molecule has 1 heterocycles. The van der Waals surface area contributed by atoms with E-state index >= 15 is 0 Å². The van der Waals surface area contributed by atoms with Gasteiger partial charge in [0.05, 0.1) is 16.6 Å². The van der Waals surface area contributed by atoms with Gasteiger partial charge in [0.1, 0.15) is 0 Å². The molecule has 1 atom stereocenters. The van der Waals surface area contributed by atoms with Crippen LogP contribution in [0.2, 0.25) is 10.0 Å². The van der Waals surface area contributed by atoms with Gasteiger partial charge in [0.25, 0.3) is 0 Å². The number of hydrogen-bond donors (Lipinski definition) is 1. The molecule has 0 bridgehead atoms. The van der Waals surface area contributed by atoms with Gasteiger partial charge >= 0.3 is 0 Å². The highest BCUT2D eigenvalue weighted by molar-refractivity contribution is 9.10. The molecule has 2 aromatic carbocycles. The maximum absolute atomic E-state index is 12.6. The first kappa shape index (κ1) is 19.2. The van der Waals surface area contributed by atoms with E-state index in [0.29, 0.717) is 15.7 Å². The van der Waals surface area contributed by atoms with Gasteiger partial charge in [-0.1, -0.05) is 39.1 Å². The fourth-order valence-electron chi connectivity index (χ4n) is 3.07. The minimum Gasteiger partial charge on any atom is -0.326 e. The summed E-state index contributed by atoms with van der Waals surface area (Å²) in [7, 11) is 0. The van der Waals surface area contributed by atoms with Crippen molar-refractivity contribution in [1.82, 2.24) is 0 Å². The average Bonchev–Trinajstić information content (AvgIpc) is 2.96. The molecule has 26 heavy (non-hydrogen) atoms. The Morgan fingerprint density at radius 2 is 1.85 bits per heavy atom. The number of nitrogens with zero attached hydrogens (tertiary/aromatic N) is 1. The highest BCUT2D eigenvalue weighted by Gasteiger charge is 2.36. The lowest BCUT2D eigenvalue weighted by molar-refractivity contribution is -0.122. The number of hydrogen-bond acceptors (Lipinski definition) is 2. The van der Waals surface area contributed by atoms with Crippen LogP contribution in [0.1, 0.15) is 17.5 Å². The third-order valence-electron chi connectivity index (χ3n) is 4.40. The van der Waals surface area contributed by atoms with E-state index in [4.69, 9.17) is 23.2 Å². The predicted molar refractivity (Wildman–Crippen MR) is 109 cm³/mol. The van der Waals surface area contributed by atoms with Crippen LogP contribution >= 0.6 is 39.1 Å². The summed E-state index contributed by atoms with van der Waals surface area (Å²) in [5.41, 5.74) is 3.33. The van der Waals surface area contributed by atoms with Gasteiger partial charge in [-0.3, -0.25) is 9.59 Å². The van der Waals surface area contributed by atoms with Gasteiger partial charge in [0, 0.05) is 28.1 Å². The van der Waals surface area contributed by atoms with E-state index in [9.17, 15) is 9.59 Å². The average molecular weight is 456 g/mol. The molecule has 0 spiro atoms. The molecular weight excluding hydrogens is 439 g/mol. The Morgan fingerprint density at radius 3 is 2.50 bits per heavy atom. The molecule has 1 N–H and O–H groups in total.